The molecule has 0 spiro atoms. The van der Waals surface area contributed by atoms with E-state index in [1.54, 1.807) is 0 Å². The van der Waals surface area contributed by atoms with Crippen LogP contribution in [-0.4, -0.2) is 36.3 Å². The van der Waals surface area contributed by atoms with Crippen molar-refractivity contribution in [3.05, 3.63) is 35.9 Å². The number of nitrogens with zero attached hydrogens (tertiary/aromatic N) is 1. The van der Waals surface area contributed by atoms with Gasteiger partial charge in [0.15, 0.2) is 0 Å². The summed E-state index contributed by atoms with van der Waals surface area (Å²) in [5.74, 6) is -0.149. The summed E-state index contributed by atoms with van der Waals surface area (Å²) in [6, 6.07) is 9.65. The molecule has 1 unspecified atom stereocenters. The molecule has 2 amide bonds. The van der Waals surface area contributed by atoms with Gasteiger partial charge in [-0.3, -0.25) is 9.59 Å². The number of piperidine rings is 1. The highest BCUT2D eigenvalue weighted by molar-refractivity contribution is 5.84. The van der Waals surface area contributed by atoms with E-state index in [0.717, 1.165) is 18.4 Å². The van der Waals surface area contributed by atoms with Crippen LogP contribution in [0.5, 0.6) is 0 Å². The van der Waals surface area contributed by atoms with Gasteiger partial charge in [0.25, 0.3) is 0 Å². The quantitative estimate of drug-likeness (QED) is 0.842. The third kappa shape index (κ3) is 4.04. The van der Waals surface area contributed by atoms with Crippen molar-refractivity contribution in [1.82, 2.24) is 4.90 Å². The Kier molecular flexibility index (Phi) is 5.33. The molecule has 5 heteroatoms. The van der Waals surface area contributed by atoms with Crippen LogP contribution in [0.2, 0.25) is 0 Å². The maximum Gasteiger partial charge on any atom is 0.231 e. The summed E-state index contributed by atoms with van der Waals surface area (Å²) in [6.07, 6.45) is 2.09. The second-order valence-electron chi connectivity index (χ2n) is 5.64. The number of amides is 2. The van der Waals surface area contributed by atoms with E-state index in [-0.39, 0.29) is 17.7 Å². The number of carbonyl (C=O) groups excluding carboxylic acids is 2. The van der Waals surface area contributed by atoms with Crippen LogP contribution in [0, 0.1) is 5.92 Å². The zero-order chi connectivity index (χ0) is 15.2. The van der Waals surface area contributed by atoms with E-state index < -0.39 is 0 Å². The number of primary amides is 1. The summed E-state index contributed by atoms with van der Waals surface area (Å²) in [7, 11) is 0. The van der Waals surface area contributed by atoms with Gasteiger partial charge >= 0.3 is 0 Å². The Morgan fingerprint density at radius 1 is 1.19 bits per heavy atom. The van der Waals surface area contributed by atoms with Crippen LogP contribution in [0.15, 0.2) is 30.3 Å². The predicted molar refractivity (Wildman–Crippen MR) is 81.4 cm³/mol. The molecule has 2 rings (SSSR count). The molecule has 4 N–H and O–H groups in total. The minimum atomic E-state index is -0.279. The molecule has 1 aliphatic rings. The van der Waals surface area contributed by atoms with E-state index in [4.69, 9.17) is 11.5 Å². The molecule has 0 aliphatic carbocycles. The Morgan fingerprint density at radius 2 is 1.81 bits per heavy atom. The van der Waals surface area contributed by atoms with Crippen molar-refractivity contribution in [1.29, 1.82) is 0 Å². The molecule has 1 aromatic rings. The molecule has 1 atom stereocenters. The van der Waals surface area contributed by atoms with Gasteiger partial charge in [0.1, 0.15) is 0 Å². The van der Waals surface area contributed by atoms with Crippen molar-refractivity contribution in [2.24, 2.45) is 17.4 Å². The van der Waals surface area contributed by atoms with E-state index in [1.165, 1.54) is 0 Å². The highest BCUT2D eigenvalue weighted by atomic mass is 16.2. The van der Waals surface area contributed by atoms with Crippen LogP contribution in [0.25, 0.3) is 0 Å². The van der Waals surface area contributed by atoms with Crippen LogP contribution in [-0.2, 0) is 9.59 Å². The lowest BCUT2D eigenvalue weighted by Gasteiger charge is -2.33. The molecule has 1 aromatic carbocycles. The summed E-state index contributed by atoms with van der Waals surface area (Å²) in [6.45, 7) is 1.67. The number of carbonyl (C=O) groups is 2. The monoisotopic (exact) mass is 289 g/mol. The Bertz CT molecular complexity index is 482. The number of nitrogens with two attached hydrogens (primary N) is 2. The fourth-order valence-corrected chi connectivity index (χ4v) is 2.93. The van der Waals surface area contributed by atoms with E-state index in [9.17, 15) is 9.59 Å². The van der Waals surface area contributed by atoms with Crippen LogP contribution in [0.4, 0.5) is 0 Å². The standard InChI is InChI=1S/C16H23N3O2/c17-11-14(13-4-2-1-3-5-13)16(21)19-8-6-12(7-9-19)10-15(18)20/h1-5,12,14H,6-11,17H2,(H2,18,20). The zero-order valence-corrected chi connectivity index (χ0v) is 12.2. The Hall–Kier alpha value is -1.88. The van der Waals surface area contributed by atoms with Gasteiger partial charge in [-0.15, -0.1) is 0 Å². The summed E-state index contributed by atoms with van der Waals surface area (Å²) in [5.41, 5.74) is 12.0. The van der Waals surface area contributed by atoms with Gasteiger partial charge in [-0.05, 0) is 24.3 Å². The number of hydrogen-bond donors (Lipinski definition) is 2. The highest BCUT2D eigenvalue weighted by Crippen LogP contribution is 2.24. The molecule has 0 radical (unpaired) electrons. The summed E-state index contributed by atoms with van der Waals surface area (Å²) in [5, 5.41) is 0. The van der Waals surface area contributed by atoms with Gasteiger partial charge in [0.2, 0.25) is 11.8 Å². The lowest BCUT2D eigenvalue weighted by molar-refractivity contribution is -0.134. The molecule has 114 valence electrons. The molecule has 0 saturated carbocycles. The van der Waals surface area contributed by atoms with E-state index in [0.29, 0.717) is 32.0 Å². The minimum Gasteiger partial charge on any atom is -0.370 e. The molecule has 1 fully saturated rings. The number of benzene rings is 1. The van der Waals surface area contributed by atoms with E-state index in [1.807, 2.05) is 35.2 Å². The SMILES string of the molecule is NCC(C(=O)N1CCC(CC(N)=O)CC1)c1ccccc1. The first-order valence-corrected chi connectivity index (χ1v) is 7.44. The van der Waals surface area contributed by atoms with E-state index >= 15 is 0 Å². The van der Waals surface area contributed by atoms with Gasteiger partial charge in [-0.2, -0.15) is 0 Å². The Morgan fingerprint density at radius 3 is 2.33 bits per heavy atom. The topological polar surface area (TPSA) is 89.4 Å². The second-order valence-corrected chi connectivity index (χ2v) is 5.64. The van der Waals surface area contributed by atoms with Crippen LogP contribution < -0.4 is 11.5 Å². The van der Waals surface area contributed by atoms with Crippen LogP contribution in [0.1, 0.15) is 30.7 Å². The summed E-state index contributed by atoms with van der Waals surface area (Å²) >= 11 is 0. The molecule has 1 aliphatic heterocycles. The van der Waals surface area contributed by atoms with Crippen molar-refractivity contribution in [3.63, 3.8) is 0 Å². The first kappa shape index (κ1) is 15.5. The molecule has 1 heterocycles. The summed E-state index contributed by atoms with van der Waals surface area (Å²) in [4.78, 5) is 25.4. The Labute approximate surface area is 125 Å². The first-order valence-electron chi connectivity index (χ1n) is 7.44. The van der Waals surface area contributed by atoms with Gasteiger partial charge in [-0.25, -0.2) is 0 Å². The van der Waals surface area contributed by atoms with Crippen molar-refractivity contribution in [2.45, 2.75) is 25.2 Å². The fraction of sp³-hybridized carbons (Fsp3) is 0.500. The van der Waals surface area contributed by atoms with Gasteiger partial charge < -0.3 is 16.4 Å². The van der Waals surface area contributed by atoms with Crippen molar-refractivity contribution in [2.75, 3.05) is 19.6 Å². The van der Waals surface area contributed by atoms with Crippen LogP contribution in [0.3, 0.4) is 0 Å². The van der Waals surface area contributed by atoms with Gasteiger partial charge in [0.05, 0.1) is 5.92 Å². The number of likely N-dealkylation sites (tertiary alicyclic amines) is 1. The third-order valence-electron chi connectivity index (χ3n) is 4.15. The number of rotatable bonds is 5. The molecular formula is C16H23N3O2. The maximum atomic E-state index is 12.6. The van der Waals surface area contributed by atoms with Gasteiger partial charge in [0, 0.05) is 26.1 Å². The lowest BCUT2D eigenvalue weighted by atomic mass is 9.91. The second kappa shape index (κ2) is 7.22. The average molecular weight is 289 g/mol. The smallest absolute Gasteiger partial charge is 0.231 e. The molecule has 0 bridgehead atoms. The number of hydrogen-bond acceptors (Lipinski definition) is 3. The van der Waals surface area contributed by atoms with E-state index in [2.05, 4.69) is 0 Å². The first-order chi connectivity index (χ1) is 10.1. The highest BCUT2D eigenvalue weighted by Gasteiger charge is 2.28. The summed E-state index contributed by atoms with van der Waals surface area (Å²) < 4.78 is 0. The molecule has 5 nitrogen and oxygen atoms in total. The minimum absolute atomic E-state index is 0.0845. The Balaban J connectivity index is 1.96. The van der Waals surface area contributed by atoms with Crippen molar-refractivity contribution < 1.29 is 9.59 Å². The average Bonchev–Trinajstić information content (AvgIpc) is 2.49. The molecular weight excluding hydrogens is 266 g/mol. The van der Waals surface area contributed by atoms with Crippen LogP contribution >= 0.6 is 0 Å². The predicted octanol–water partition coefficient (Wildman–Crippen LogP) is 0.843. The maximum absolute atomic E-state index is 12.6. The third-order valence-corrected chi connectivity index (χ3v) is 4.15. The molecule has 1 saturated heterocycles. The van der Waals surface area contributed by atoms with Gasteiger partial charge in [-0.1, -0.05) is 30.3 Å². The largest absolute Gasteiger partial charge is 0.370 e. The normalized spacial score (nSPS) is 17.5. The van der Waals surface area contributed by atoms with Crippen molar-refractivity contribution in [3.8, 4) is 0 Å². The lowest BCUT2D eigenvalue weighted by Crippen LogP contribution is -2.43. The van der Waals surface area contributed by atoms with Crippen molar-refractivity contribution >= 4 is 11.8 Å². The molecule has 21 heavy (non-hydrogen) atoms. The zero-order valence-electron chi connectivity index (χ0n) is 12.2. The molecule has 0 aromatic heterocycles. The fourth-order valence-electron chi connectivity index (χ4n) is 2.93.